The molecule has 0 radical (unpaired) electrons. The first kappa shape index (κ1) is 15.0. The van der Waals surface area contributed by atoms with Gasteiger partial charge in [0, 0.05) is 0 Å². The summed E-state index contributed by atoms with van der Waals surface area (Å²) in [4.78, 5) is 0. The van der Waals surface area contributed by atoms with Crippen molar-refractivity contribution in [1.29, 1.82) is 0 Å². The second kappa shape index (κ2) is 5.73. The van der Waals surface area contributed by atoms with E-state index in [1.54, 1.807) is 0 Å². The Morgan fingerprint density at radius 2 is 1.71 bits per heavy atom. The molecule has 0 bridgehead atoms. The average Bonchev–Trinajstić information content (AvgIpc) is 2.24. The maximum atomic E-state index is 6.68. The summed E-state index contributed by atoms with van der Waals surface area (Å²) >= 11 is 0. The van der Waals surface area contributed by atoms with Crippen molar-refractivity contribution in [3.05, 3.63) is 0 Å². The summed E-state index contributed by atoms with van der Waals surface area (Å²) in [7, 11) is 0. The molecule has 1 fully saturated rings. The SMILES string of the molecule is CCC(C)C(CC)(OC(C)(C)CC)C1CCC1. The largest absolute Gasteiger partial charge is 0.369 e. The predicted octanol–water partition coefficient (Wildman–Crippen LogP) is 5.19. The fourth-order valence-corrected chi connectivity index (χ4v) is 3.12. The summed E-state index contributed by atoms with van der Waals surface area (Å²) in [5.41, 5.74) is 0.154. The van der Waals surface area contributed by atoms with Crippen LogP contribution in [0, 0.1) is 11.8 Å². The topological polar surface area (TPSA) is 9.23 Å². The lowest BCUT2D eigenvalue weighted by atomic mass is 9.65. The van der Waals surface area contributed by atoms with E-state index in [0.29, 0.717) is 5.92 Å². The normalized spacial score (nSPS) is 22.9. The van der Waals surface area contributed by atoms with Crippen molar-refractivity contribution in [3.8, 4) is 0 Å². The van der Waals surface area contributed by atoms with Crippen molar-refractivity contribution >= 4 is 0 Å². The van der Waals surface area contributed by atoms with Gasteiger partial charge in [0.1, 0.15) is 0 Å². The van der Waals surface area contributed by atoms with Gasteiger partial charge in [-0.05, 0) is 51.4 Å². The molecule has 1 nitrogen and oxygen atoms in total. The smallest absolute Gasteiger partial charge is 0.0740 e. The third-order valence-corrected chi connectivity index (χ3v) is 5.11. The third-order valence-electron chi connectivity index (χ3n) is 5.11. The molecule has 102 valence electrons. The Hall–Kier alpha value is -0.0400. The van der Waals surface area contributed by atoms with Crippen molar-refractivity contribution in [3.63, 3.8) is 0 Å². The highest BCUT2D eigenvalue weighted by Gasteiger charge is 2.47. The maximum absolute atomic E-state index is 6.68. The lowest BCUT2D eigenvalue weighted by molar-refractivity contribution is -0.210. The van der Waals surface area contributed by atoms with Gasteiger partial charge in [-0.25, -0.2) is 0 Å². The standard InChI is InChI=1S/C16H32O/c1-7-13(4)16(9-3,14-11-10-12-14)17-15(5,6)8-2/h13-14H,7-12H2,1-6H3. The Labute approximate surface area is 108 Å². The molecule has 0 N–H and O–H groups in total. The van der Waals surface area contributed by atoms with Gasteiger partial charge in [0.25, 0.3) is 0 Å². The van der Waals surface area contributed by atoms with Crippen LogP contribution < -0.4 is 0 Å². The second-order valence-corrected chi connectivity index (χ2v) is 6.46. The Morgan fingerprint density at radius 3 is 2.00 bits per heavy atom. The van der Waals surface area contributed by atoms with E-state index in [-0.39, 0.29) is 11.2 Å². The van der Waals surface area contributed by atoms with E-state index in [4.69, 9.17) is 4.74 Å². The summed E-state index contributed by atoms with van der Waals surface area (Å²) in [6, 6.07) is 0. The molecule has 17 heavy (non-hydrogen) atoms. The minimum absolute atomic E-state index is 0.0228. The minimum Gasteiger partial charge on any atom is -0.369 e. The van der Waals surface area contributed by atoms with Crippen LogP contribution in [0.3, 0.4) is 0 Å². The molecular formula is C16H32O. The molecule has 2 atom stereocenters. The van der Waals surface area contributed by atoms with E-state index >= 15 is 0 Å². The van der Waals surface area contributed by atoms with Crippen molar-refractivity contribution in [2.45, 2.75) is 91.3 Å². The Balaban J connectivity index is 2.90. The Bertz CT molecular complexity index is 223. The van der Waals surface area contributed by atoms with Crippen molar-refractivity contribution in [2.24, 2.45) is 11.8 Å². The van der Waals surface area contributed by atoms with Crippen molar-refractivity contribution in [1.82, 2.24) is 0 Å². The van der Waals surface area contributed by atoms with Crippen LogP contribution >= 0.6 is 0 Å². The predicted molar refractivity (Wildman–Crippen MR) is 75.3 cm³/mol. The molecule has 0 amide bonds. The first-order chi connectivity index (χ1) is 7.91. The minimum atomic E-state index is 0.0228. The molecule has 1 saturated carbocycles. The van der Waals surface area contributed by atoms with E-state index in [1.165, 1.54) is 25.7 Å². The molecule has 1 rings (SSSR count). The molecule has 0 aliphatic heterocycles. The molecule has 0 aromatic heterocycles. The number of hydrogen-bond acceptors (Lipinski definition) is 1. The monoisotopic (exact) mass is 240 g/mol. The molecule has 0 saturated heterocycles. The van der Waals surface area contributed by atoms with Gasteiger partial charge < -0.3 is 4.74 Å². The first-order valence-electron chi connectivity index (χ1n) is 7.62. The third kappa shape index (κ3) is 3.05. The summed E-state index contributed by atoms with van der Waals surface area (Å²) < 4.78 is 6.68. The molecule has 0 spiro atoms. The lowest BCUT2D eigenvalue weighted by Crippen LogP contribution is -2.53. The highest BCUT2D eigenvalue weighted by atomic mass is 16.5. The van der Waals surface area contributed by atoms with Gasteiger partial charge in [-0.3, -0.25) is 0 Å². The van der Waals surface area contributed by atoms with E-state index in [9.17, 15) is 0 Å². The molecule has 2 unspecified atom stereocenters. The van der Waals surface area contributed by atoms with E-state index in [2.05, 4.69) is 41.5 Å². The molecule has 0 aromatic rings. The fraction of sp³-hybridized carbons (Fsp3) is 1.00. The Morgan fingerprint density at radius 1 is 1.12 bits per heavy atom. The molecular weight excluding hydrogens is 208 g/mol. The molecule has 1 aliphatic rings. The van der Waals surface area contributed by atoms with Crippen molar-refractivity contribution in [2.75, 3.05) is 0 Å². The quantitative estimate of drug-likeness (QED) is 0.595. The summed E-state index contributed by atoms with van der Waals surface area (Å²) in [5.74, 6) is 1.47. The lowest BCUT2D eigenvalue weighted by Gasteiger charge is -2.52. The van der Waals surface area contributed by atoms with Crippen LogP contribution in [0.15, 0.2) is 0 Å². The summed E-state index contributed by atoms with van der Waals surface area (Å²) in [6.45, 7) is 13.7. The van der Waals surface area contributed by atoms with E-state index < -0.39 is 0 Å². The van der Waals surface area contributed by atoms with Crippen LogP contribution in [0.25, 0.3) is 0 Å². The van der Waals surface area contributed by atoms with Gasteiger partial charge in [-0.15, -0.1) is 0 Å². The van der Waals surface area contributed by atoms with Crippen LogP contribution in [-0.4, -0.2) is 11.2 Å². The van der Waals surface area contributed by atoms with Gasteiger partial charge in [-0.1, -0.05) is 40.5 Å². The van der Waals surface area contributed by atoms with Crippen LogP contribution in [0.4, 0.5) is 0 Å². The number of ether oxygens (including phenoxy) is 1. The maximum Gasteiger partial charge on any atom is 0.0740 e. The van der Waals surface area contributed by atoms with Crippen LogP contribution in [0.5, 0.6) is 0 Å². The van der Waals surface area contributed by atoms with Crippen LogP contribution in [0.1, 0.15) is 80.1 Å². The van der Waals surface area contributed by atoms with Gasteiger partial charge in [0.15, 0.2) is 0 Å². The molecule has 0 heterocycles. The van der Waals surface area contributed by atoms with E-state index in [0.717, 1.165) is 18.8 Å². The van der Waals surface area contributed by atoms with Gasteiger partial charge in [0.2, 0.25) is 0 Å². The zero-order valence-electron chi connectivity index (χ0n) is 12.8. The average molecular weight is 240 g/mol. The van der Waals surface area contributed by atoms with Crippen LogP contribution in [-0.2, 0) is 4.74 Å². The Kier molecular flexibility index (Phi) is 5.07. The van der Waals surface area contributed by atoms with Gasteiger partial charge in [-0.2, -0.15) is 0 Å². The fourth-order valence-electron chi connectivity index (χ4n) is 3.12. The summed E-state index contributed by atoms with van der Waals surface area (Å²) in [6.07, 6.45) is 7.63. The van der Waals surface area contributed by atoms with E-state index in [1.807, 2.05) is 0 Å². The van der Waals surface area contributed by atoms with Crippen LogP contribution in [0.2, 0.25) is 0 Å². The summed E-state index contributed by atoms with van der Waals surface area (Å²) in [5, 5.41) is 0. The highest BCUT2D eigenvalue weighted by Crippen LogP contribution is 2.48. The zero-order chi connectivity index (χ0) is 13.1. The first-order valence-corrected chi connectivity index (χ1v) is 7.62. The molecule has 1 aliphatic carbocycles. The highest BCUT2D eigenvalue weighted by molar-refractivity contribution is 4.97. The van der Waals surface area contributed by atoms with Crippen molar-refractivity contribution < 1.29 is 4.74 Å². The number of rotatable bonds is 7. The zero-order valence-corrected chi connectivity index (χ0v) is 12.8. The molecule has 1 heteroatoms. The van der Waals surface area contributed by atoms with Gasteiger partial charge >= 0.3 is 0 Å². The molecule has 0 aromatic carbocycles. The second-order valence-electron chi connectivity index (χ2n) is 6.46. The number of hydrogen-bond donors (Lipinski definition) is 0. The van der Waals surface area contributed by atoms with Gasteiger partial charge in [0.05, 0.1) is 11.2 Å².